The van der Waals surface area contributed by atoms with Gasteiger partial charge in [0, 0.05) is 19.3 Å². The summed E-state index contributed by atoms with van der Waals surface area (Å²) in [5, 5.41) is 2.82. The first-order valence-corrected chi connectivity index (χ1v) is 7.82. The van der Waals surface area contributed by atoms with E-state index >= 15 is 0 Å². The van der Waals surface area contributed by atoms with E-state index in [1.54, 1.807) is 32.2 Å². The minimum atomic E-state index is -3.68. The molecule has 0 fully saturated rings. The normalized spacial score (nSPS) is 12.9. The molecule has 21 heavy (non-hydrogen) atoms. The number of hydrogen-bond acceptors (Lipinski definition) is 4. The summed E-state index contributed by atoms with van der Waals surface area (Å²) in [7, 11) is -1.98. The van der Waals surface area contributed by atoms with E-state index in [1.807, 2.05) is 0 Å². The van der Waals surface area contributed by atoms with Crippen molar-refractivity contribution in [3.8, 4) is 0 Å². The molecule has 2 aromatic rings. The lowest BCUT2D eigenvalue weighted by molar-refractivity contribution is 0.566. The highest BCUT2D eigenvalue weighted by Gasteiger charge is 2.18. The molecular weight excluding hydrogens is 293 g/mol. The summed E-state index contributed by atoms with van der Waals surface area (Å²) >= 11 is 0. The van der Waals surface area contributed by atoms with Gasteiger partial charge in [-0.05, 0) is 36.8 Å². The van der Waals surface area contributed by atoms with Gasteiger partial charge in [-0.3, -0.25) is 0 Å². The molecule has 1 aromatic heterocycles. The molecule has 7 heteroatoms. The first kappa shape index (κ1) is 15.4. The van der Waals surface area contributed by atoms with Crippen LogP contribution in [0.15, 0.2) is 47.5 Å². The van der Waals surface area contributed by atoms with Crippen LogP contribution in [0.5, 0.6) is 0 Å². The van der Waals surface area contributed by atoms with Crippen LogP contribution in [0.4, 0.5) is 10.2 Å². The van der Waals surface area contributed by atoms with Crippen LogP contribution in [0.1, 0.15) is 18.5 Å². The second kappa shape index (κ2) is 6.19. The molecule has 112 valence electrons. The Hall–Kier alpha value is -1.99. The predicted molar refractivity (Wildman–Crippen MR) is 78.9 cm³/mol. The molecule has 0 amide bonds. The monoisotopic (exact) mass is 309 g/mol. The Morgan fingerprint density at radius 1 is 1.14 bits per heavy atom. The Morgan fingerprint density at radius 2 is 1.81 bits per heavy atom. The number of sulfonamides is 1. The second-order valence-corrected chi connectivity index (χ2v) is 6.24. The van der Waals surface area contributed by atoms with E-state index in [4.69, 9.17) is 0 Å². The zero-order valence-electron chi connectivity index (χ0n) is 11.7. The van der Waals surface area contributed by atoms with Gasteiger partial charge >= 0.3 is 0 Å². The maximum Gasteiger partial charge on any atom is 0.242 e. The molecule has 1 heterocycles. The highest BCUT2D eigenvalue weighted by molar-refractivity contribution is 7.89. The van der Waals surface area contributed by atoms with Crippen molar-refractivity contribution in [1.82, 2.24) is 9.71 Å². The van der Waals surface area contributed by atoms with Crippen LogP contribution in [0.2, 0.25) is 0 Å². The van der Waals surface area contributed by atoms with E-state index < -0.39 is 16.1 Å². The number of rotatable bonds is 5. The van der Waals surface area contributed by atoms with E-state index in [2.05, 4.69) is 15.0 Å². The van der Waals surface area contributed by atoms with Gasteiger partial charge in [-0.25, -0.2) is 22.5 Å². The average Bonchev–Trinajstić information content (AvgIpc) is 2.47. The third-order valence-corrected chi connectivity index (χ3v) is 4.53. The number of nitrogens with one attached hydrogen (secondary N) is 2. The summed E-state index contributed by atoms with van der Waals surface area (Å²) < 4.78 is 39.9. The van der Waals surface area contributed by atoms with E-state index in [0.29, 0.717) is 11.4 Å². The minimum Gasteiger partial charge on any atom is -0.373 e. The van der Waals surface area contributed by atoms with Crippen LogP contribution in [-0.2, 0) is 10.0 Å². The largest absolute Gasteiger partial charge is 0.373 e. The summed E-state index contributed by atoms with van der Waals surface area (Å²) in [6.45, 7) is 1.69. The molecule has 0 saturated carbocycles. The zero-order valence-corrected chi connectivity index (χ0v) is 12.5. The fourth-order valence-electron chi connectivity index (χ4n) is 1.81. The van der Waals surface area contributed by atoms with E-state index in [1.165, 1.54) is 24.4 Å². The molecule has 0 saturated heterocycles. The molecule has 0 aliphatic rings. The smallest absolute Gasteiger partial charge is 0.242 e. The van der Waals surface area contributed by atoms with Crippen LogP contribution >= 0.6 is 0 Å². The number of anilines is 1. The fourth-order valence-corrected chi connectivity index (χ4v) is 2.98. The SMILES string of the molecule is CNc1ccc(S(=O)(=O)NC(C)c2ccc(F)cc2)cn1. The van der Waals surface area contributed by atoms with Crippen molar-refractivity contribution in [1.29, 1.82) is 0 Å². The van der Waals surface area contributed by atoms with Gasteiger partial charge < -0.3 is 5.32 Å². The number of halogens is 1. The fraction of sp³-hybridized carbons (Fsp3) is 0.214. The maximum absolute atomic E-state index is 12.9. The Kier molecular flexibility index (Phi) is 4.54. The Labute approximate surface area is 123 Å². The molecule has 5 nitrogen and oxygen atoms in total. The topological polar surface area (TPSA) is 71.1 Å². The van der Waals surface area contributed by atoms with Crippen molar-refractivity contribution in [3.63, 3.8) is 0 Å². The quantitative estimate of drug-likeness (QED) is 0.889. The van der Waals surface area contributed by atoms with E-state index in [0.717, 1.165) is 0 Å². The van der Waals surface area contributed by atoms with Gasteiger partial charge in [0.1, 0.15) is 16.5 Å². The molecule has 0 bridgehead atoms. The van der Waals surface area contributed by atoms with Crippen LogP contribution in [0.3, 0.4) is 0 Å². The molecule has 1 aromatic carbocycles. The van der Waals surface area contributed by atoms with Crippen molar-refractivity contribution in [3.05, 3.63) is 54.0 Å². The molecule has 0 aliphatic carbocycles. The summed E-state index contributed by atoms with van der Waals surface area (Å²) in [5.41, 5.74) is 0.680. The van der Waals surface area contributed by atoms with Gasteiger partial charge in [0.05, 0.1) is 0 Å². The molecule has 0 spiro atoms. The Bertz CT molecular complexity index is 700. The maximum atomic E-state index is 12.9. The van der Waals surface area contributed by atoms with Crippen molar-refractivity contribution in [2.75, 3.05) is 12.4 Å². The van der Waals surface area contributed by atoms with Crippen LogP contribution in [0.25, 0.3) is 0 Å². The van der Waals surface area contributed by atoms with Gasteiger partial charge in [-0.1, -0.05) is 12.1 Å². The van der Waals surface area contributed by atoms with Gasteiger partial charge in [0.15, 0.2) is 0 Å². The third kappa shape index (κ3) is 3.77. The predicted octanol–water partition coefficient (Wildman–Crippen LogP) is 2.30. The second-order valence-electron chi connectivity index (χ2n) is 4.52. The number of hydrogen-bond donors (Lipinski definition) is 2. The molecule has 2 rings (SSSR count). The molecule has 1 unspecified atom stereocenters. The van der Waals surface area contributed by atoms with Gasteiger partial charge in [-0.2, -0.15) is 0 Å². The summed E-state index contributed by atoms with van der Waals surface area (Å²) in [6, 6.07) is 8.26. The zero-order chi connectivity index (χ0) is 15.5. The number of aromatic nitrogens is 1. The van der Waals surface area contributed by atoms with Crippen molar-refractivity contribution < 1.29 is 12.8 Å². The van der Waals surface area contributed by atoms with Crippen molar-refractivity contribution >= 4 is 15.8 Å². The average molecular weight is 309 g/mol. The summed E-state index contributed by atoms with van der Waals surface area (Å²) in [4.78, 5) is 4.05. The summed E-state index contributed by atoms with van der Waals surface area (Å²) in [5.74, 6) is 0.223. The Balaban J connectivity index is 2.17. The number of pyridine rings is 1. The lowest BCUT2D eigenvalue weighted by Crippen LogP contribution is -2.27. The highest BCUT2D eigenvalue weighted by atomic mass is 32.2. The van der Waals surface area contributed by atoms with Crippen LogP contribution in [-0.4, -0.2) is 20.4 Å². The highest BCUT2D eigenvalue weighted by Crippen LogP contribution is 2.17. The van der Waals surface area contributed by atoms with Crippen LogP contribution < -0.4 is 10.0 Å². The van der Waals surface area contributed by atoms with Crippen molar-refractivity contribution in [2.45, 2.75) is 17.9 Å². The molecular formula is C14H16FN3O2S. The van der Waals surface area contributed by atoms with Gasteiger partial charge in [0.25, 0.3) is 0 Å². The standard InChI is InChI=1S/C14H16FN3O2S/c1-10(11-3-5-12(15)6-4-11)18-21(19,20)13-7-8-14(16-2)17-9-13/h3-10,18H,1-2H3,(H,16,17). The lowest BCUT2D eigenvalue weighted by Gasteiger charge is -2.14. The molecule has 1 atom stereocenters. The first-order chi connectivity index (χ1) is 9.92. The van der Waals surface area contributed by atoms with Gasteiger partial charge in [-0.15, -0.1) is 0 Å². The molecule has 2 N–H and O–H groups in total. The first-order valence-electron chi connectivity index (χ1n) is 6.34. The van der Waals surface area contributed by atoms with Gasteiger partial charge in [0.2, 0.25) is 10.0 Å². The lowest BCUT2D eigenvalue weighted by atomic mass is 10.1. The number of nitrogens with zero attached hydrogens (tertiary/aromatic N) is 1. The molecule has 0 aliphatic heterocycles. The summed E-state index contributed by atoms with van der Waals surface area (Å²) in [6.07, 6.45) is 1.28. The molecule has 0 radical (unpaired) electrons. The number of benzene rings is 1. The van der Waals surface area contributed by atoms with E-state index in [9.17, 15) is 12.8 Å². The Morgan fingerprint density at radius 3 is 2.33 bits per heavy atom. The van der Waals surface area contributed by atoms with E-state index in [-0.39, 0.29) is 10.7 Å². The van der Waals surface area contributed by atoms with Crippen LogP contribution in [0, 0.1) is 5.82 Å². The third-order valence-electron chi connectivity index (χ3n) is 3.00. The van der Waals surface area contributed by atoms with Crippen molar-refractivity contribution in [2.24, 2.45) is 0 Å². The minimum absolute atomic E-state index is 0.0791.